The zero-order valence-corrected chi connectivity index (χ0v) is 11.5. The second kappa shape index (κ2) is 5.99. The number of aromatic nitrogens is 3. The summed E-state index contributed by atoms with van der Waals surface area (Å²) in [5.41, 5.74) is 0.377. The Kier molecular flexibility index (Phi) is 4.12. The van der Waals surface area contributed by atoms with Crippen LogP contribution in [0.2, 0.25) is 0 Å². The van der Waals surface area contributed by atoms with Gasteiger partial charge in [-0.15, -0.1) is 10.2 Å². The second-order valence-corrected chi connectivity index (χ2v) is 4.28. The topological polar surface area (TPSA) is 115 Å². The summed E-state index contributed by atoms with van der Waals surface area (Å²) in [5, 5.41) is 24.1. The van der Waals surface area contributed by atoms with Crippen LogP contribution in [-0.2, 0) is 13.6 Å². The molecule has 0 bridgehead atoms. The summed E-state index contributed by atoms with van der Waals surface area (Å²) >= 11 is 0. The van der Waals surface area contributed by atoms with E-state index >= 15 is 0 Å². The van der Waals surface area contributed by atoms with Gasteiger partial charge in [0, 0.05) is 25.7 Å². The number of anilines is 1. The predicted octanol–water partition coefficient (Wildman–Crippen LogP) is 0.695. The minimum Gasteiger partial charge on any atom is -0.372 e. The van der Waals surface area contributed by atoms with Gasteiger partial charge in [0.05, 0.1) is 11.5 Å². The molecule has 0 radical (unpaired) electrons. The number of benzene rings is 1. The fourth-order valence-corrected chi connectivity index (χ4v) is 1.76. The Bertz CT molecular complexity index is 681. The number of nitro benzene ring substituents is 1. The highest BCUT2D eigenvalue weighted by atomic mass is 16.6. The molecular formula is C12H14N6O3. The number of nitro groups is 1. The normalized spacial score (nSPS) is 10.2. The Morgan fingerprint density at radius 1 is 1.48 bits per heavy atom. The minimum absolute atomic E-state index is 0.168. The van der Waals surface area contributed by atoms with Crippen molar-refractivity contribution in [1.29, 1.82) is 0 Å². The first-order valence-corrected chi connectivity index (χ1v) is 6.10. The van der Waals surface area contributed by atoms with E-state index in [0.29, 0.717) is 11.5 Å². The molecule has 0 atom stereocenters. The van der Waals surface area contributed by atoms with Gasteiger partial charge in [-0.25, -0.2) is 0 Å². The molecule has 2 rings (SSSR count). The quantitative estimate of drug-likeness (QED) is 0.618. The van der Waals surface area contributed by atoms with E-state index in [9.17, 15) is 14.9 Å². The van der Waals surface area contributed by atoms with Crippen LogP contribution in [0, 0.1) is 10.1 Å². The van der Waals surface area contributed by atoms with Crippen molar-refractivity contribution in [2.24, 2.45) is 7.05 Å². The van der Waals surface area contributed by atoms with E-state index in [1.807, 2.05) is 0 Å². The third-order valence-corrected chi connectivity index (χ3v) is 2.93. The van der Waals surface area contributed by atoms with Gasteiger partial charge in [-0.05, 0) is 12.1 Å². The predicted molar refractivity (Wildman–Crippen MR) is 74.8 cm³/mol. The average molecular weight is 290 g/mol. The molecule has 0 aliphatic rings. The van der Waals surface area contributed by atoms with Gasteiger partial charge in [-0.3, -0.25) is 14.9 Å². The van der Waals surface area contributed by atoms with Gasteiger partial charge in [0.15, 0.2) is 5.82 Å². The molecule has 9 nitrogen and oxygen atoms in total. The van der Waals surface area contributed by atoms with Crippen LogP contribution in [0.25, 0.3) is 0 Å². The van der Waals surface area contributed by atoms with Crippen molar-refractivity contribution in [2.75, 3.05) is 12.4 Å². The molecule has 9 heteroatoms. The Morgan fingerprint density at radius 3 is 2.81 bits per heavy atom. The molecule has 21 heavy (non-hydrogen) atoms. The summed E-state index contributed by atoms with van der Waals surface area (Å²) in [5.74, 6) is 0.262. The fourth-order valence-electron chi connectivity index (χ4n) is 1.76. The molecule has 0 unspecified atom stereocenters. The molecule has 0 fully saturated rings. The number of nitrogens with zero attached hydrogens (tertiary/aromatic N) is 4. The number of carbonyl (C=O) groups excluding carboxylic acids is 1. The molecule has 1 heterocycles. The molecular weight excluding hydrogens is 276 g/mol. The van der Waals surface area contributed by atoms with E-state index < -0.39 is 4.92 Å². The molecule has 0 aliphatic heterocycles. The lowest BCUT2D eigenvalue weighted by Crippen LogP contribution is -2.18. The lowest BCUT2D eigenvalue weighted by Gasteiger charge is -2.08. The Hall–Kier alpha value is -2.97. The smallest absolute Gasteiger partial charge is 0.293 e. The van der Waals surface area contributed by atoms with Gasteiger partial charge in [0.1, 0.15) is 12.0 Å². The molecule has 0 spiro atoms. The number of hydrogen-bond acceptors (Lipinski definition) is 6. The highest BCUT2D eigenvalue weighted by Crippen LogP contribution is 2.26. The van der Waals surface area contributed by atoms with Crippen LogP contribution in [0.15, 0.2) is 24.5 Å². The number of aryl methyl sites for hydroxylation is 1. The van der Waals surface area contributed by atoms with E-state index in [1.54, 1.807) is 17.9 Å². The van der Waals surface area contributed by atoms with Crippen molar-refractivity contribution >= 4 is 17.3 Å². The highest BCUT2D eigenvalue weighted by Gasteiger charge is 2.17. The monoisotopic (exact) mass is 290 g/mol. The Morgan fingerprint density at radius 2 is 2.24 bits per heavy atom. The van der Waals surface area contributed by atoms with Crippen LogP contribution in [-0.4, -0.2) is 32.6 Å². The lowest BCUT2D eigenvalue weighted by molar-refractivity contribution is -0.384. The summed E-state index contributed by atoms with van der Waals surface area (Å²) in [6, 6.07) is 4.25. The Labute approximate surface area is 120 Å². The lowest BCUT2D eigenvalue weighted by atomic mass is 10.1. The molecule has 2 aromatic rings. The van der Waals surface area contributed by atoms with Crippen molar-refractivity contribution in [1.82, 2.24) is 20.1 Å². The van der Waals surface area contributed by atoms with Gasteiger partial charge >= 0.3 is 0 Å². The molecule has 0 saturated heterocycles. The summed E-state index contributed by atoms with van der Waals surface area (Å²) < 4.78 is 1.71. The first kappa shape index (κ1) is 14.4. The minimum atomic E-state index is -0.536. The third-order valence-electron chi connectivity index (χ3n) is 2.93. The molecule has 2 N–H and O–H groups in total. The van der Waals surface area contributed by atoms with Gasteiger partial charge in [0.2, 0.25) is 0 Å². The van der Waals surface area contributed by atoms with Crippen LogP contribution in [0.3, 0.4) is 0 Å². The first-order valence-electron chi connectivity index (χ1n) is 6.10. The third kappa shape index (κ3) is 3.14. The van der Waals surface area contributed by atoms with Gasteiger partial charge < -0.3 is 15.2 Å². The summed E-state index contributed by atoms with van der Waals surface area (Å²) in [4.78, 5) is 22.1. The molecule has 1 amide bonds. The SMILES string of the molecule is CNC(=O)c1ccc(NCc2nncn2C)c([N+](=O)[O-])c1. The molecule has 0 aliphatic carbocycles. The van der Waals surface area contributed by atoms with Gasteiger partial charge in [-0.2, -0.15) is 0 Å². The Balaban J connectivity index is 2.24. The number of carbonyl (C=O) groups is 1. The summed E-state index contributed by atoms with van der Waals surface area (Å²) in [7, 11) is 3.24. The summed E-state index contributed by atoms with van der Waals surface area (Å²) in [6.07, 6.45) is 1.54. The largest absolute Gasteiger partial charge is 0.372 e. The highest BCUT2D eigenvalue weighted by molar-refractivity contribution is 5.95. The summed E-state index contributed by atoms with van der Waals surface area (Å²) in [6.45, 7) is 0.288. The van der Waals surface area contributed by atoms with Crippen LogP contribution >= 0.6 is 0 Å². The number of amides is 1. The second-order valence-electron chi connectivity index (χ2n) is 4.28. The standard InChI is InChI=1S/C12H14N6O3/c1-13-12(19)8-3-4-9(10(5-8)18(20)21)14-6-11-16-15-7-17(11)2/h3-5,7,14H,6H2,1-2H3,(H,13,19). The zero-order valence-electron chi connectivity index (χ0n) is 11.5. The van der Waals surface area contributed by atoms with E-state index in [2.05, 4.69) is 20.8 Å². The first-order chi connectivity index (χ1) is 10.0. The van der Waals surface area contributed by atoms with Crippen molar-refractivity contribution < 1.29 is 9.72 Å². The number of hydrogen-bond donors (Lipinski definition) is 2. The van der Waals surface area contributed by atoms with Crippen molar-refractivity contribution in [3.63, 3.8) is 0 Å². The molecule has 0 saturated carbocycles. The number of rotatable bonds is 5. The van der Waals surface area contributed by atoms with E-state index in [-0.39, 0.29) is 23.7 Å². The van der Waals surface area contributed by atoms with Crippen LogP contribution in [0.4, 0.5) is 11.4 Å². The molecule has 1 aromatic heterocycles. The van der Waals surface area contributed by atoms with E-state index in [4.69, 9.17) is 0 Å². The maximum Gasteiger partial charge on any atom is 0.293 e. The van der Waals surface area contributed by atoms with Crippen LogP contribution in [0.1, 0.15) is 16.2 Å². The van der Waals surface area contributed by atoms with Crippen molar-refractivity contribution in [3.05, 3.63) is 46.0 Å². The fraction of sp³-hybridized carbons (Fsp3) is 0.250. The maximum absolute atomic E-state index is 11.5. The van der Waals surface area contributed by atoms with Gasteiger partial charge in [-0.1, -0.05) is 0 Å². The molecule has 110 valence electrons. The number of nitrogens with one attached hydrogen (secondary N) is 2. The van der Waals surface area contributed by atoms with Gasteiger partial charge in [0.25, 0.3) is 11.6 Å². The van der Waals surface area contributed by atoms with Crippen molar-refractivity contribution in [3.8, 4) is 0 Å². The van der Waals surface area contributed by atoms with E-state index in [1.165, 1.54) is 25.2 Å². The average Bonchev–Trinajstić information content (AvgIpc) is 2.89. The van der Waals surface area contributed by atoms with E-state index in [0.717, 1.165) is 0 Å². The zero-order chi connectivity index (χ0) is 15.4. The van der Waals surface area contributed by atoms with Crippen molar-refractivity contribution in [2.45, 2.75) is 6.54 Å². The molecule has 1 aromatic carbocycles. The maximum atomic E-state index is 11.5. The van der Waals surface area contributed by atoms with Crippen LogP contribution in [0.5, 0.6) is 0 Å². The van der Waals surface area contributed by atoms with Crippen LogP contribution < -0.4 is 10.6 Å².